The van der Waals surface area contributed by atoms with Gasteiger partial charge in [0.15, 0.2) is 5.69 Å². The highest BCUT2D eigenvalue weighted by Crippen LogP contribution is 2.33. The van der Waals surface area contributed by atoms with Gasteiger partial charge in [-0.2, -0.15) is 18.3 Å². The Labute approximate surface area is 125 Å². The molecule has 0 atom stereocenters. The second-order valence-corrected chi connectivity index (χ2v) is 4.95. The molecule has 3 aromatic rings. The van der Waals surface area contributed by atoms with E-state index in [4.69, 9.17) is 0 Å². The molecule has 0 bridgehead atoms. The van der Waals surface area contributed by atoms with E-state index in [0.29, 0.717) is 16.9 Å². The zero-order valence-electron chi connectivity index (χ0n) is 11.7. The van der Waals surface area contributed by atoms with E-state index in [-0.39, 0.29) is 0 Å². The normalized spacial score (nSPS) is 11.6. The summed E-state index contributed by atoms with van der Waals surface area (Å²) in [4.78, 5) is 0. The fraction of sp³-hybridized carbons (Fsp3) is 0.118. The summed E-state index contributed by atoms with van der Waals surface area (Å²) in [5.41, 5.74) is 1.78. The van der Waals surface area contributed by atoms with Crippen molar-refractivity contribution in [2.75, 3.05) is 0 Å². The third kappa shape index (κ3) is 2.74. The molecular weight excluding hydrogens is 289 g/mol. The molecule has 0 aliphatic heterocycles. The van der Waals surface area contributed by atoms with E-state index in [1.165, 1.54) is 4.68 Å². The van der Waals surface area contributed by atoms with E-state index < -0.39 is 11.9 Å². The Morgan fingerprint density at radius 3 is 2.23 bits per heavy atom. The number of alkyl halides is 3. The molecule has 0 aliphatic rings. The highest BCUT2D eigenvalue weighted by molar-refractivity contribution is 5.63. The molecule has 0 N–H and O–H groups in total. The summed E-state index contributed by atoms with van der Waals surface area (Å²) in [6, 6.07) is 17.8. The molecule has 2 nitrogen and oxygen atoms in total. The molecule has 0 saturated carbocycles. The number of aromatic nitrogens is 2. The van der Waals surface area contributed by atoms with Gasteiger partial charge < -0.3 is 0 Å². The largest absolute Gasteiger partial charge is 0.435 e. The van der Waals surface area contributed by atoms with Crippen LogP contribution in [-0.2, 0) is 6.18 Å². The third-order valence-corrected chi connectivity index (χ3v) is 3.29. The molecule has 2 aromatic carbocycles. The first-order chi connectivity index (χ1) is 10.4. The second kappa shape index (κ2) is 5.33. The Morgan fingerprint density at radius 2 is 1.64 bits per heavy atom. The van der Waals surface area contributed by atoms with Gasteiger partial charge in [-0.25, -0.2) is 4.68 Å². The summed E-state index contributed by atoms with van der Waals surface area (Å²) in [5, 5.41) is 3.73. The van der Waals surface area contributed by atoms with Gasteiger partial charge in [-0.1, -0.05) is 42.0 Å². The highest BCUT2D eigenvalue weighted by atomic mass is 19.4. The smallest absolute Gasteiger partial charge is 0.233 e. The lowest BCUT2D eigenvalue weighted by atomic mass is 10.1. The quantitative estimate of drug-likeness (QED) is 0.672. The van der Waals surface area contributed by atoms with Gasteiger partial charge in [0.25, 0.3) is 0 Å². The minimum atomic E-state index is -4.48. The fourth-order valence-corrected chi connectivity index (χ4v) is 2.17. The number of nitrogens with zero attached hydrogens (tertiary/aromatic N) is 2. The molecule has 0 aliphatic carbocycles. The zero-order valence-corrected chi connectivity index (χ0v) is 11.7. The first kappa shape index (κ1) is 14.4. The van der Waals surface area contributed by atoms with Crippen LogP contribution in [0.3, 0.4) is 0 Å². The van der Waals surface area contributed by atoms with Gasteiger partial charge >= 0.3 is 6.18 Å². The topological polar surface area (TPSA) is 17.8 Å². The van der Waals surface area contributed by atoms with Gasteiger partial charge in [0.2, 0.25) is 0 Å². The Kier molecular flexibility index (Phi) is 3.48. The van der Waals surface area contributed by atoms with Crippen molar-refractivity contribution >= 4 is 0 Å². The summed E-state index contributed by atoms with van der Waals surface area (Å²) >= 11 is 0. The van der Waals surface area contributed by atoms with Crippen molar-refractivity contribution in [3.63, 3.8) is 0 Å². The first-order valence-corrected chi connectivity index (χ1v) is 6.66. The van der Waals surface area contributed by atoms with Crippen molar-refractivity contribution in [3.05, 3.63) is 71.9 Å². The van der Waals surface area contributed by atoms with Crippen LogP contribution in [0.1, 0.15) is 11.3 Å². The van der Waals surface area contributed by atoms with Crippen LogP contribution in [0.2, 0.25) is 0 Å². The molecule has 5 heteroatoms. The average Bonchev–Trinajstić information content (AvgIpc) is 2.94. The van der Waals surface area contributed by atoms with Crippen LogP contribution in [0.15, 0.2) is 54.6 Å². The van der Waals surface area contributed by atoms with E-state index in [1.54, 1.807) is 36.4 Å². The number of halogens is 3. The fourth-order valence-electron chi connectivity index (χ4n) is 2.17. The van der Waals surface area contributed by atoms with E-state index in [1.807, 2.05) is 19.1 Å². The Bertz CT molecular complexity index is 772. The molecule has 0 saturated heterocycles. The molecular formula is C17H12F3N2. The lowest BCUT2D eigenvalue weighted by Crippen LogP contribution is -2.07. The molecule has 1 heterocycles. The second-order valence-electron chi connectivity index (χ2n) is 4.95. The van der Waals surface area contributed by atoms with Gasteiger partial charge in [0, 0.05) is 5.56 Å². The Balaban J connectivity index is 2.19. The van der Waals surface area contributed by atoms with Crippen LogP contribution in [0, 0.1) is 13.0 Å². The van der Waals surface area contributed by atoms with E-state index in [2.05, 4.69) is 11.2 Å². The molecule has 0 amide bonds. The Morgan fingerprint density at radius 1 is 1.00 bits per heavy atom. The predicted octanol–water partition coefficient (Wildman–Crippen LogP) is 4.67. The molecule has 0 unspecified atom stereocenters. The van der Waals surface area contributed by atoms with E-state index in [0.717, 1.165) is 11.6 Å². The average molecular weight is 301 g/mol. The van der Waals surface area contributed by atoms with Gasteiger partial charge in [-0.05, 0) is 31.2 Å². The van der Waals surface area contributed by atoms with Crippen LogP contribution >= 0.6 is 0 Å². The van der Waals surface area contributed by atoms with E-state index >= 15 is 0 Å². The van der Waals surface area contributed by atoms with Crippen molar-refractivity contribution in [2.24, 2.45) is 0 Å². The summed E-state index contributed by atoms with van der Waals surface area (Å²) in [7, 11) is 0. The van der Waals surface area contributed by atoms with Gasteiger partial charge in [0.1, 0.15) is 0 Å². The van der Waals surface area contributed by atoms with Crippen molar-refractivity contribution in [3.8, 4) is 16.9 Å². The van der Waals surface area contributed by atoms with Gasteiger partial charge in [-0.3, -0.25) is 0 Å². The molecule has 3 rings (SSSR count). The monoisotopic (exact) mass is 301 g/mol. The highest BCUT2D eigenvalue weighted by Gasteiger charge is 2.35. The SMILES string of the molecule is Cc1ccc(-c2cc(C(F)(F)F)nn2-c2cc[c]cc2)cc1. The van der Waals surface area contributed by atoms with Crippen LogP contribution < -0.4 is 0 Å². The maximum absolute atomic E-state index is 13.0. The summed E-state index contributed by atoms with van der Waals surface area (Å²) in [5.74, 6) is 0. The summed E-state index contributed by atoms with van der Waals surface area (Å²) in [6.45, 7) is 1.93. The molecule has 1 radical (unpaired) electrons. The molecule has 111 valence electrons. The van der Waals surface area contributed by atoms with Crippen molar-refractivity contribution in [1.82, 2.24) is 9.78 Å². The molecule has 1 aromatic heterocycles. The lowest BCUT2D eigenvalue weighted by molar-refractivity contribution is -0.141. The van der Waals surface area contributed by atoms with Crippen molar-refractivity contribution in [1.29, 1.82) is 0 Å². The zero-order chi connectivity index (χ0) is 15.7. The van der Waals surface area contributed by atoms with E-state index in [9.17, 15) is 13.2 Å². The third-order valence-electron chi connectivity index (χ3n) is 3.29. The first-order valence-electron chi connectivity index (χ1n) is 6.66. The van der Waals surface area contributed by atoms with Crippen LogP contribution in [0.5, 0.6) is 0 Å². The summed E-state index contributed by atoms with van der Waals surface area (Å²) < 4.78 is 40.3. The number of benzene rings is 2. The molecule has 0 spiro atoms. The number of hydrogen-bond donors (Lipinski definition) is 0. The van der Waals surface area contributed by atoms with Gasteiger partial charge in [0.05, 0.1) is 11.4 Å². The number of rotatable bonds is 2. The standard InChI is InChI=1S/C17H12F3N2/c1-12-7-9-13(10-8-12)15-11-16(17(18,19)20)21-22(15)14-5-3-2-4-6-14/h3-11H,1H3. The summed E-state index contributed by atoms with van der Waals surface area (Å²) in [6.07, 6.45) is -4.48. The maximum atomic E-state index is 13.0. The predicted molar refractivity (Wildman–Crippen MR) is 77.6 cm³/mol. The van der Waals surface area contributed by atoms with Crippen molar-refractivity contribution < 1.29 is 13.2 Å². The van der Waals surface area contributed by atoms with Crippen LogP contribution in [0.4, 0.5) is 13.2 Å². The number of hydrogen-bond acceptors (Lipinski definition) is 1. The molecule has 0 fully saturated rings. The van der Waals surface area contributed by atoms with Crippen LogP contribution in [0.25, 0.3) is 16.9 Å². The maximum Gasteiger partial charge on any atom is 0.435 e. The van der Waals surface area contributed by atoms with Crippen LogP contribution in [-0.4, -0.2) is 9.78 Å². The Hall–Kier alpha value is -2.56. The van der Waals surface area contributed by atoms with Gasteiger partial charge in [-0.15, -0.1) is 0 Å². The lowest BCUT2D eigenvalue weighted by Gasteiger charge is -2.07. The minimum absolute atomic E-state index is 0.401. The molecule has 22 heavy (non-hydrogen) atoms. The minimum Gasteiger partial charge on any atom is -0.233 e. The van der Waals surface area contributed by atoms with Crippen molar-refractivity contribution in [2.45, 2.75) is 13.1 Å². The number of aryl methyl sites for hydroxylation is 1.